The van der Waals surface area contributed by atoms with Gasteiger partial charge in [-0.1, -0.05) is 30.3 Å². The van der Waals surface area contributed by atoms with Gasteiger partial charge in [0.25, 0.3) is 0 Å². The highest BCUT2D eigenvalue weighted by Crippen LogP contribution is 2.36. The van der Waals surface area contributed by atoms with Crippen LogP contribution in [0.4, 0.5) is 16.2 Å². The van der Waals surface area contributed by atoms with Gasteiger partial charge in [-0.25, -0.2) is 9.78 Å². The highest BCUT2D eigenvalue weighted by molar-refractivity contribution is 6.06. The number of anilines is 2. The van der Waals surface area contributed by atoms with Gasteiger partial charge in [-0.2, -0.15) is 10.4 Å². The molecule has 10 heteroatoms. The van der Waals surface area contributed by atoms with E-state index in [4.69, 9.17) is 10.5 Å². The van der Waals surface area contributed by atoms with Crippen LogP contribution in [0.2, 0.25) is 0 Å². The Morgan fingerprint density at radius 2 is 2.18 bits per heavy atom. The Morgan fingerprint density at radius 3 is 2.97 bits per heavy atom. The zero-order valence-electron chi connectivity index (χ0n) is 18.4. The van der Waals surface area contributed by atoms with Crippen molar-refractivity contribution in [2.45, 2.75) is 25.4 Å². The summed E-state index contributed by atoms with van der Waals surface area (Å²) in [4.78, 5) is 22.2. The average Bonchev–Trinajstić information content (AvgIpc) is 3.45. The van der Waals surface area contributed by atoms with E-state index in [2.05, 4.69) is 31.4 Å². The Balaban J connectivity index is 1.36. The zero-order valence-corrected chi connectivity index (χ0v) is 18.4. The van der Waals surface area contributed by atoms with Crippen LogP contribution in [0.1, 0.15) is 24.0 Å². The number of piperidine rings is 1. The zero-order chi connectivity index (χ0) is 23.5. The Kier molecular flexibility index (Phi) is 5.84. The normalized spacial score (nSPS) is 15.8. The van der Waals surface area contributed by atoms with Crippen LogP contribution in [0, 0.1) is 11.3 Å². The van der Waals surface area contributed by atoms with Crippen molar-refractivity contribution in [3.05, 3.63) is 66.2 Å². The van der Waals surface area contributed by atoms with Gasteiger partial charge in [0.05, 0.1) is 41.3 Å². The van der Waals surface area contributed by atoms with Gasteiger partial charge in [-0.3, -0.25) is 10.00 Å². The second kappa shape index (κ2) is 9.25. The summed E-state index contributed by atoms with van der Waals surface area (Å²) in [6, 6.07) is 12.1. The molecule has 0 spiro atoms. The fourth-order valence-corrected chi connectivity index (χ4v) is 4.30. The van der Waals surface area contributed by atoms with Gasteiger partial charge >= 0.3 is 6.09 Å². The molecule has 34 heavy (non-hydrogen) atoms. The standard InChI is InChI=1S/C24H24N8O2/c25-9-17-10-27-23-21(22(17)31-8-4-7-18(26)14-31)20(12-28-23)30-24(33)34-19-11-29-32(15-19)13-16-5-2-1-3-6-16/h1-3,5-6,10-12,15,18H,4,7-8,13-14,26H2,(H,27,28)(H,30,33)/t18-/m1/s1. The van der Waals surface area contributed by atoms with Crippen molar-refractivity contribution in [1.29, 1.82) is 5.26 Å². The van der Waals surface area contributed by atoms with E-state index in [9.17, 15) is 10.1 Å². The van der Waals surface area contributed by atoms with Gasteiger partial charge in [0.1, 0.15) is 11.7 Å². The molecule has 4 heterocycles. The summed E-state index contributed by atoms with van der Waals surface area (Å²) in [6.45, 7) is 1.97. The number of ether oxygens (including phenoxy) is 1. The smallest absolute Gasteiger partial charge is 0.407 e. The summed E-state index contributed by atoms with van der Waals surface area (Å²) in [5.74, 6) is 0.325. The molecule has 0 unspecified atom stereocenters. The number of nitrogens with one attached hydrogen (secondary N) is 2. The SMILES string of the molecule is N#Cc1cnc2[nH]cc(NC(=O)Oc3cnn(Cc4ccccc4)c3)c2c1N1CCC[C@@H](N)C1. The summed E-state index contributed by atoms with van der Waals surface area (Å²) in [6.07, 6.45) is 7.55. The van der Waals surface area contributed by atoms with Gasteiger partial charge in [0.15, 0.2) is 5.75 Å². The van der Waals surface area contributed by atoms with Crippen molar-refractivity contribution in [3.63, 3.8) is 0 Å². The third kappa shape index (κ3) is 4.42. The van der Waals surface area contributed by atoms with Gasteiger partial charge in [-0.15, -0.1) is 0 Å². The second-order valence-electron chi connectivity index (χ2n) is 8.28. The van der Waals surface area contributed by atoms with Crippen LogP contribution < -0.4 is 20.7 Å². The molecule has 1 amide bonds. The van der Waals surface area contributed by atoms with Gasteiger partial charge in [0.2, 0.25) is 0 Å². The maximum Gasteiger partial charge on any atom is 0.417 e. The molecule has 1 aliphatic rings. The number of hydrogen-bond acceptors (Lipinski definition) is 7. The lowest BCUT2D eigenvalue weighted by Crippen LogP contribution is -2.43. The van der Waals surface area contributed by atoms with E-state index < -0.39 is 6.09 Å². The molecule has 1 aliphatic heterocycles. The Morgan fingerprint density at radius 1 is 1.32 bits per heavy atom. The van der Waals surface area contributed by atoms with E-state index in [1.165, 1.54) is 12.4 Å². The van der Waals surface area contributed by atoms with Crippen LogP contribution in [-0.2, 0) is 6.54 Å². The molecule has 0 saturated carbocycles. The van der Waals surface area contributed by atoms with Crippen molar-refractivity contribution >= 4 is 28.5 Å². The number of nitriles is 1. The molecule has 4 aromatic rings. The third-order valence-corrected chi connectivity index (χ3v) is 5.81. The molecule has 0 bridgehead atoms. The summed E-state index contributed by atoms with van der Waals surface area (Å²) in [5, 5.41) is 17.4. The van der Waals surface area contributed by atoms with Crippen LogP contribution in [0.3, 0.4) is 0 Å². The number of carbonyl (C=O) groups excluding carboxylic acids is 1. The second-order valence-corrected chi connectivity index (χ2v) is 8.28. The minimum absolute atomic E-state index is 0.0243. The number of aromatic amines is 1. The first-order valence-electron chi connectivity index (χ1n) is 11.1. The van der Waals surface area contributed by atoms with E-state index in [-0.39, 0.29) is 6.04 Å². The van der Waals surface area contributed by atoms with Crippen LogP contribution in [-0.4, -0.2) is 45.0 Å². The summed E-state index contributed by atoms with van der Waals surface area (Å²) < 4.78 is 7.15. The Hall–Kier alpha value is -4.36. The van der Waals surface area contributed by atoms with Crippen molar-refractivity contribution in [2.75, 3.05) is 23.3 Å². The number of hydrogen-bond donors (Lipinski definition) is 3. The molecule has 1 atom stereocenters. The predicted molar refractivity (Wildman–Crippen MR) is 128 cm³/mol. The van der Waals surface area contributed by atoms with Crippen molar-refractivity contribution in [1.82, 2.24) is 19.7 Å². The number of rotatable bonds is 5. The van der Waals surface area contributed by atoms with E-state index in [1.807, 2.05) is 30.3 Å². The molecule has 4 N–H and O–H groups in total. The lowest BCUT2D eigenvalue weighted by atomic mass is 10.0. The number of pyridine rings is 1. The summed E-state index contributed by atoms with van der Waals surface area (Å²) >= 11 is 0. The summed E-state index contributed by atoms with van der Waals surface area (Å²) in [5.41, 5.74) is 9.47. The summed E-state index contributed by atoms with van der Waals surface area (Å²) in [7, 11) is 0. The van der Waals surface area contributed by atoms with E-state index in [0.717, 1.165) is 30.6 Å². The van der Waals surface area contributed by atoms with Crippen LogP contribution >= 0.6 is 0 Å². The quantitative estimate of drug-likeness (QED) is 0.419. The molecule has 3 aromatic heterocycles. The Bertz CT molecular complexity index is 1350. The van der Waals surface area contributed by atoms with Crippen molar-refractivity contribution in [2.24, 2.45) is 5.73 Å². The maximum atomic E-state index is 12.7. The molecule has 172 valence electrons. The Labute approximate surface area is 195 Å². The first-order chi connectivity index (χ1) is 16.6. The lowest BCUT2D eigenvalue weighted by Gasteiger charge is -2.33. The lowest BCUT2D eigenvalue weighted by molar-refractivity contribution is 0.215. The van der Waals surface area contributed by atoms with Crippen LogP contribution in [0.25, 0.3) is 11.0 Å². The minimum atomic E-state index is -0.663. The van der Waals surface area contributed by atoms with Crippen molar-refractivity contribution < 1.29 is 9.53 Å². The topological polar surface area (TPSA) is 138 Å². The first-order valence-corrected chi connectivity index (χ1v) is 11.1. The number of H-pyrrole nitrogens is 1. The third-order valence-electron chi connectivity index (χ3n) is 5.81. The molecule has 0 radical (unpaired) electrons. The highest BCUT2D eigenvalue weighted by Gasteiger charge is 2.25. The first kappa shape index (κ1) is 21.5. The highest BCUT2D eigenvalue weighted by atomic mass is 16.6. The fourth-order valence-electron chi connectivity index (χ4n) is 4.30. The van der Waals surface area contributed by atoms with E-state index in [1.54, 1.807) is 17.1 Å². The van der Waals surface area contributed by atoms with E-state index >= 15 is 0 Å². The number of aromatic nitrogens is 4. The van der Waals surface area contributed by atoms with Crippen LogP contribution in [0.15, 0.2) is 55.1 Å². The average molecular weight is 457 g/mol. The van der Waals surface area contributed by atoms with Gasteiger partial charge in [-0.05, 0) is 18.4 Å². The van der Waals surface area contributed by atoms with Gasteiger partial charge < -0.3 is 20.4 Å². The molecule has 1 saturated heterocycles. The van der Waals surface area contributed by atoms with E-state index in [0.29, 0.717) is 41.1 Å². The molecular formula is C24H24N8O2. The van der Waals surface area contributed by atoms with Crippen molar-refractivity contribution in [3.8, 4) is 11.8 Å². The largest absolute Gasteiger partial charge is 0.417 e. The number of nitrogens with zero attached hydrogens (tertiary/aromatic N) is 5. The number of nitrogens with two attached hydrogens (primary N) is 1. The number of fused-ring (bicyclic) bond motifs is 1. The van der Waals surface area contributed by atoms with Gasteiger partial charge in [0, 0.05) is 31.5 Å². The fraction of sp³-hybridized carbons (Fsp3) is 0.250. The molecule has 5 rings (SSSR count). The number of benzene rings is 1. The molecule has 0 aliphatic carbocycles. The molecular weight excluding hydrogens is 432 g/mol. The van der Waals surface area contributed by atoms with Crippen LogP contribution in [0.5, 0.6) is 5.75 Å². The molecule has 1 aromatic carbocycles. The number of amides is 1. The molecule has 10 nitrogen and oxygen atoms in total. The predicted octanol–water partition coefficient (Wildman–Crippen LogP) is 3.22. The number of carbonyl (C=O) groups is 1. The monoisotopic (exact) mass is 456 g/mol. The molecule has 1 fully saturated rings. The maximum absolute atomic E-state index is 12.7. The minimum Gasteiger partial charge on any atom is -0.407 e.